The zero-order valence-electron chi connectivity index (χ0n) is 10.6. The molecule has 0 saturated heterocycles. The summed E-state index contributed by atoms with van der Waals surface area (Å²) in [5, 5.41) is 0. The molecule has 0 aromatic carbocycles. The summed E-state index contributed by atoms with van der Waals surface area (Å²) in [7, 11) is 0. The van der Waals surface area contributed by atoms with Crippen molar-refractivity contribution in [2.75, 3.05) is 6.61 Å². The first kappa shape index (κ1) is 13.5. The number of esters is 1. The Balaban J connectivity index is 3.01. The third-order valence-corrected chi connectivity index (χ3v) is 2.61. The summed E-state index contributed by atoms with van der Waals surface area (Å²) in [5.74, 6) is -0.328. The van der Waals surface area contributed by atoms with E-state index in [1.165, 1.54) is 10.6 Å². The second-order valence-corrected chi connectivity index (χ2v) is 3.97. The fourth-order valence-corrected chi connectivity index (χ4v) is 1.76. The van der Waals surface area contributed by atoms with Gasteiger partial charge in [-0.15, -0.1) is 0 Å². The van der Waals surface area contributed by atoms with E-state index in [1.54, 1.807) is 6.07 Å². The molecule has 0 aliphatic carbocycles. The van der Waals surface area contributed by atoms with Crippen molar-refractivity contribution in [3.8, 4) is 0 Å². The minimum absolute atomic E-state index is 0.162. The van der Waals surface area contributed by atoms with E-state index < -0.39 is 6.04 Å². The molecule has 1 aromatic rings. The third kappa shape index (κ3) is 3.19. The Hall–Kier alpha value is -1.58. The average molecular weight is 237 g/mol. The van der Waals surface area contributed by atoms with Crippen LogP contribution in [0, 0.1) is 6.92 Å². The topological polar surface area (TPSA) is 48.3 Å². The lowest BCUT2D eigenvalue weighted by Gasteiger charge is -2.19. The molecular weight excluding hydrogens is 218 g/mol. The number of ether oxygens (including phenoxy) is 1. The molecule has 0 saturated carbocycles. The van der Waals surface area contributed by atoms with Gasteiger partial charge in [0.05, 0.1) is 6.61 Å². The molecule has 0 bridgehead atoms. The van der Waals surface area contributed by atoms with Gasteiger partial charge in [0.15, 0.2) is 0 Å². The van der Waals surface area contributed by atoms with Gasteiger partial charge in [-0.2, -0.15) is 0 Å². The number of hydrogen-bond donors (Lipinski definition) is 0. The van der Waals surface area contributed by atoms with Crippen LogP contribution in [0.15, 0.2) is 23.0 Å². The van der Waals surface area contributed by atoms with E-state index in [0.717, 1.165) is 12.1 Å². The molecule has 1 rings (SSSR count). The molecule has 1 atom stereocenters. The SMILES string of the molecule is CCCOC(=O)C(CC)n1c(C)cccc1=O. The van der Waals surface area contributed by atoms with Crippen molar-refractivity contribution < 1.29 is 9.53 Å². The first-order valence-electron chi connectivity index (χ1n) is 5.96. The molecule has 0 radical (unpaired) electrons. The first-order chi connectivity index (χ1) is 8.11. The summed E-state index contributed by atoms with van der Waals surface area (Å²) in [6.07, 6.45) is 1.33. The van der Waals surface area contributed by atoms with Crippen molar-refractivity contribution in [3.05, 3.63) is 34.2 Å². The van der Waals surface area contributed by atoms with Crippen LogP contribution in [-0.2, 0) is 9.53 Å². The van der Waals surface area contributed by atoms with E-state index in [0.29, 0.717) is 13.0 Å². The van der Waals surface area contributed by atoms with Gasteiger partial charge in [0, 0.05) is 11.8 Å². The lowest BCUT2D eigenvalue weighted by molar-refractivity contribution is -0.148. The molecule has 1 unspecified atom stereocenters. The number of carbonyl (C=O) groups excluding carboxylic acids is 1. The number of aryl methyl sites for hydroxylation is 1. The minimum atomic E-state index is -0.518. The predicted octanol–water partition coefficient (Wildman–Crippen LogP) is 2.06. The fraction of sp³-hybridized carbons (Fsp3) is 0.538. The predicted molar refractivity (Wildman–Crippen MR) is 66.0 cm³/mol. The molecule has 1 heterocycles. The summed E-state index contributed by atoms with van der Waals surface area (Å²) in [5.41, 5.74) is 0.614. The van der Waals surface area contributed by atoms with Crippen molar-refractivity contribution in [3.63, 3.8) is 0 Å². The van der Waals surface area contributed by atoms with Gasteiger partial charge in [-0.3, -0.25) is 9.36 Å². The van der Waals surface area contributed by atoms with Crippen LogP contribution in [-0.4, -0.2) is 17.1 Å². The van der Waals surface area contributed by atoms with E-state index in [1.807, 2.05) is 26.8 Å². The Kier molecular flexibility index (Phi) is 4.94. The van der Waals surface area contributed by atoms with Crippen molar-refractivity contribution in [2.24, 2.45) is 0 Å². The van der Waals surface area contributed by atoms with Crippen LogP contribution in [0.2, 0.25) is 0 Å². The molecule has 0 fully saturated rings. The van der Waals surface area contributed by atoms with Gasteiger partial charge in [-0.25, -0.2) is 4.79 Å². The summed E-state index contributed by atoms with van der Waals surface area (Å²) in [6.45, 7) is 6.03. The molecule has 0 N–H and O–H groups in total. The van der Waals surface area contributed by atoms with Crippen LogP contribution < -0.4 is 5.56 Å². The molecule has 4 heteroatoms. The number of rotatable bonds is 5. The van der Waals surface area contributed by atoms with Gasteiger partial charge in [0.2, 0.25) is 0 Å². The maximum absolute atomic E-state index is 11.9. The molecule has 0 aliphatic heterocycles. The number of pyridine rings is 1. The van der Waals surface area contributed by atoms with E-state index in [-0.39, 0.29) is 11.5 Å². The molecule has 94 valence electrons. The highest BCUT2D eigenvalue weighted by molar-refractivity contribution is 5.74. The van der Waals surface area contributed by atoms with E-state index in [4.69, 9.17) is 4.74 Å². The Morgan fingerprint density at radius 3 is 2.65 bits per heavy atom. The molecule has 17 heavy (non-hydrogen) atoms. The smallest absolute Gasteiger partial charge is 0.329 e. The standard InChI is InChI=1S/C13H19NO3/c1-4-9-17-13(16)11(5-2)14-10(3)7-6-8-12(14)15/h6-8,11H,4-5,9H2,1-3H3. The summed E-state index contributed by atoms with van der Waals surface area (Å²) >= 11 is 0. The van der Waals surface area contributed by atoms with Gasteiger partial charge in [0.25, 0.3) is 5.56 Å². The van der Waals surface area contributed by atoms with Crippen molar-refractivity contribution in [2.45, 2.75) is 39.7 Å². The molecule has 4 nitrogen and oxygen atoms in total. The van der Waals surface area contributed by atoms with Gasteiger partial charge in [-0.05, 0) is 25.8 Å². The van der Waals surface area contributed by atoms with E-state index in [9.17, 15) is 9.59 Å². The Morgan fingerprint density at radius 1 is 1.41 bits per heavy atom. The van der Waals surface area contributed by atoms with Crippen molar-refractivity contribution >= 4 is 5.97 Å². The van der Waals surface area contributed by atoms with Crippen LogP contribution in [0.4, 0.5) is 0 Å². The highest BCUT2D eigenvalue weighted by Gasteiger charge is 2.21. The molecule has 0 spiro atoms. The second kappa shape index (κ2) is 6.23. The molecule has 0 amide bonds. The van der Waals surface area contributed by atoms with Crippen LogP contribution in [0.1, 0.15) is 38.4 Å². The quantitative estimate of drug-likeness (QED) is 0.736. The number of carbonyl (C=O) groups is 1. The maximum Gasteiger partial charge on any atom is 0.329 e. The highest BCUT2D eigenvalue weighted by Crippen LogP contribution is 2.13. The number of aromatic nitrogens is 1. The monoisotopic (exact) mass is 237 g/mol. The van der Waals surface area contributed by atoms with Gasteiger partial charge >= 0.3 is 5.97 Å². The highest BCUT2D eigenvalue weighted by atomic mass is 16.5. The molecular formula is C13H19NO3. The first-order valence-corrected chi connectivity index (χ1v) is 5.96. The van der Waals surface area contributed by atoms with Crippen LogP contribution in [0.3, 0.4) is 0 Å². The summed E-state index contributed by atoms with van der Waals surface area (Å²) in [4.78, 5) is 23.6. The summed E-state index contributed by atoms with van der Waals surface area (Å²) < 4.78 is 6.61. The number of hydrogen-bond acceptors (Lipinski definition) is 3. The summed E-state index contributed by atoms with van der Waals surface area (Å²) in [6, 6.07) is 4.45. The average Bonchev–Trinajstić information content (AvgIpc) is 2.31. The zero-order valence-corrected chi connectivity index (χ0v) is 10.6. The van der Waals surface area contributed by atoms with Crippen LogP contribution >= 0.6 is 0 Å². The van der Waals surface area contributed by atoms with Gasteiger partial charge in [0.1, 0.15) is 6.04 Å². The van der Waals surface area contributed by atoms with Gasteiger partial charge < -0.3 is 4.74 Å². The largest absolute Gasteiger partial charge is 0.464 e. The normalized spacial score (nSPS) is 12.2. The zero-order chi connectivity index (χ0) is 12.8. The van der Waals surface area contributed by atoms with E-state index in [2.05, 4.69) is 0 Å². The maximum atomic E-state index is 11.9. The molecule has 1 aromatic heterocycles. The minimum Gasteiger partial charge on any atom is -0.464 e. The second-order valence-electron chi connectivity index (χ2n) is 3.97. The lowest BCUT2D eigenvalue weighted by Crippen LogP contribution is -2.31. The van der Waals surface area contributed by atoms with Crippen LogP contribution in [0.25, 0.3) is 0 Å². The van der Waals surface area contributed by atoms with Crippen LogP contribution in [0.5, 0.6) is 0 Å². The molecule has 0 aliphatic rings. The number of nitrogens with zero attached hydrogens (tertiary/aromatic N) is 1. The Morgan fingerprint density at radius 2 is 2.12 bits per heavy atom. The van der Waals surface area contributed by atoms with Crippen molar-refractivity contribution in [1.82, 2.24) is 4.57 Å². The fourth-order valence-electron chi connectivity index (χ4n) is 1.76. The van der Waals surface area contributed by atoms with Gasteiger partial charge in [-0.1, -0.05) is 19.9 Å². The lowest BCUT2D eigenvalue weighted by atomic mass is 10.2. The van der Waals surface area contributed by atoms with Crippen molar-refractivity contribution in [1.29, 1.82) is 0 Å². The Labute approximate surface area is 101 Å². The third-order valence-electron chi connectivity index (χ3n) is 2.61. The van der Waals surface area contributed by atoms with E-state index >= 15 is 0 Å². The Bertz CT molecular complexity index is 437.